The highest BCUT2D eigenvalue weighted by molar-refractivity contribution is 7.17. The van der Waals surface area contributed by atoms with E-state index in [0.29, 0.717) is 16.0 Å². The van der Waals surface area contributed by atoms with E-state index in [1.165, 1.54) is 17.4 Å². The molecule has 3 heterocycles. The third-order valence-electron chi connectivity index (χ3n) is 6.19. The fourth-order valence-corrected chi connectivity index (χ4v) is 5.59. The SMILES string of the molecule is Cc1cc(-c2ccc(C3CCN(C)CC3)c(OC(F)(F)F)c2)sc1C(=O)N1CCCC1. The molecule has 2 aromatic rings. The van der Waals surface area contributed by atoms with Crippen LogP contribution >= 0.6 is 11.3 Å². The van der Waals surface area contributed by atoms with Gasteiger partial charge in [0.2, 0.25) is 0 Å². The Kier molecular flexibility index (Phi) is 6.30. The normalized spacial score (nSPS) is 18.5. The lowest BCUT2D eigenvalue weighted by Gasteiger charge is -2.30. The van der Waals surface area contributed by atoms with Crippen molar-refractivity contribution < 1.29 is 22.7 Å². The summed E-state index contributed by atoms with van der Waals surface area (Å²) in [6.07, 6.45) is -1.12. The molecule has 0 aliphatic carbocycles. The monoisotopic (exact) mass is 452 g/mol. The number of carbonyl (C=O) groups is 1. The van der Waals surface area contributed by atoms with Crippen LogP contribution in [0.1, 0.15) is 52.4 Å². The maximum Gasteiger partial charge on any atom is 0.573 e. The summed E-state index contributed by atoms with van der Waals surface area (Å²) in [5.74, 6) is -0.0704. The van der Waals surface area contributed by atoms with Gasteiger partial charge in [-0.3, -0.25) is 4.79 Å². The number of aryl methyl sites for hydroxylation is 1. The lowest BCUT2D eigenvalue weighted by molar-refractivity contribution is -0.275. The molecule has 0 spiro atoms. The van der Waals surface area contributed by atoms with Crippen LogP contribution in [0.25, 0.3) is 10.4 Å². The van der Waals surface area contributed by atoms with Crippen molar-refractivity contribution in [2.24, 2.45) is 0 Å². The van der Waals surface area contributed by atoms with Crippen LogP contribution in [0.5, 0.6) is 5.75 Å². The zero-order valence-electron chi connectivity index (χ0n) is 17.8. The summed E-state index contributed by atoms with van der Waals surface area (Å²) in [6, 6.07) is 6.99. The molecule has 0 atom stereocenters. The summed E-state index contributed by atoms with van der Waals surface area (Å²) < 4.78 is 43.9. The molecule has 1 aromatic carbocycles. The minimum absolute atomic E-state index is 0.0148. The van der Waals surface area contributed by atoms with Gasteiger partial charge in [-0.15, -0.1) is 24.5 Å². The molecule has 0 bridgehead atoms. The highest BCUT2D eigenvalue weighted by atomic mass is 32.1. The highest BCUT2D eigenvalue weighted by Crippen LogP contribution is 2.41. The topological polar surface area (TPSA) is 32.8 Å². The number of thiophene rings is 1. The van der Waals surface area contributed by atoms with E-state index in [1.807, 2.05) is 31.0 Å². The molecular weight excluding hydrogens is 425 g/mol. The Morgan fingerprint density at radius 3 is 2.42 bits per heavy atom. The largest absolute Gasteiger partial charge is 0.573 e. The first-order valence-electron chi connectivity index (χ1n) is 10.7. The first kappa shape index (κ1) is 22.1. The first-order valence-corrected chi connectivity index (χ1v) is 11.5. The van der Waals surface area contributed by atoms with Gasteiger partial charge in [0.15, 0.2) is 0 Å². The third-order valence-corrected chi connectivity index (χ3v) is 7.46. The predicted molar refractivity (Wildman–Crippen MR) is 116 cm³/mol. The van der Waals surface area contributed by atoms with Crippen LogP contribution in [-0.4, -0.2) is 55.3 Å². The van der Waals surface area contributed by atoms with E-state index in [9.17, 15) is 18.0 Å². The maximum absolute atomic E-state index is 13.2. The van der Waals surface area contributed by atoms with Crippen LogP contribution < -0.4 is 4.74 Å². The van der Waals surface area contributed by atoms with Crippen molar-refractivity contribution in [2.45, 2.75) is 44.9 Å². The Labute approximate surface area is 184 Å². The fraction of sp³-hybridized carbons (Fsp3) is 0.522. The van der Waals surface area contributed by atoms with Crippen LogP contribution in [-0.2, 0) is 0 Å². The minimum atomic E-state index is -4.75. The highest BCUT2D eigenvalue weighted by Gasteiger charge is 2.34. The fourth-order valence-electron chi connectivity index (χ4n) is 4.46. The number of benzene rings is 1. The van der Waals surface area contributed by atoms with E-state index in [4.69, 9.17) is 0 Å². The van der Waals surface area contributed by atoms with Crippen molar-refractivity contribution >= 4 is 17.2 Å². The van der Waals surface area contributed by atoms with Gasteiger partial charge in [-0.2, -0.15) is 0 Å². The van der Waals surface area contributed by atoms with Crippen molar-refractivity contribution in [3.05, 3.63) is 40.3 Å². The van der Waals surface area contributed by atoms with Crippen molar-refractivity contribution in [1.82, 2.24) is 9.80 Å². The number of nitrogens with zero attached hydrogens (tertiary/aromatic N) is 2. The number of alkyl halides is 3. The maximum atomic E-state index is 13.2. The van der Waals surface area contributed by atoms with Gasteiger partial charge in [0.1, 0.15) is 5.75 Å². The Morgan fingerprint density at radius 2 is 1.77 bits per heavy atom. The smallest absolute Gasteiger partial charge is 0.405 e. The van der Waals surface area contributed by atoms with Gasteiger partial charge in [0.25, 0.3) is 5.91 Å². The number of hydrogen-bond donors (Lipinski definition) is 0. The lowest BCUT2D eigenvalue weighted by Crippen LogP contribution is -2.29. The molecule has 4 rings (SSSR count). The van der Waals surface area contributed by atoms with Gasteiger partial charge in [-0.25, -0.2) is 0 Å². The minimum Gasteiger partial charge on any atom is -0.405 e. The van der Waals surface area contributed by atoms with Gasteiger partial charge in [-0.1, -0.05) is 12.1 Å². The second-order valence-electron chi connectivity index (χ2n) is 8.50. The number of amides is 1. The first-order chi connectivity index (χ1) is 14.7. The summed E-state index contributed by atoms with van der Waals surface area (Å²) in [4.78, 5) is 18.3. The van der Waals surface area contributed by atoms with E-state index in [0.717, 1.165) is 62.3 Å². The molecule has 168 valence electrons. The van der Waals surface area contributed by atoms with Gasteiger partial charge < -0.3 is 14.5 Å². The van der Waals surface area contributed by atoms with Crippen molar-refractivity contribution in [3.8, 4) is 16.2 Å². The molecule has 0 radical (unpaired) electrons. The molecular formula is C23H27F3N2O2S. The molecule has 2 fully saturated rings. The van der Waals surface area contributed by atoms with Crippen LogP contribution in [0.2, 0.25) is 0 Å². The van der Waals surface area contributed by atoms with Gasteiger partial charge in [-0.05, 0) is 87.5 Å². The lowest BCUT2D eigenvalue weighted by atomic mass is 9.88. The summed E-state index contributed by atoms with van der Waals surface area (Å²) in [6.45, 7) is 5.11. The number of piperidine rings is 1. The zero-order chi connectivity index (χ0) is 22.2. The number of rotatable bonds is 4. The second kappa shape index (κ2) is 8.82. The summed E-state index contributed by atoms with van der Waals surface area (Å²) >= 11 is 1.34. The molecule has 0 N–H and O–H groups in total. The summed E-state index contributed by atoms with van der Waals surface area (Å²) in [5.41, 5.74) is 2.11. The Morgan fingerprint density at radius 1 is 1.10 bits per heavy atom. The number of likely N-dealkylation sites (tertiary alicyclic amines) is 2. The Bertz CT molecular complexity index is 943. The quantitative estimate of drug-likeness (QED) is 0.600. The average molecular weight is 453 g/mol. The van der Waals surface area contributed by atoms with E-state index < -0.39 is 6.36 Å². The molecule has 4 nitrogen and oxygen atoms in total. The molecule has 8 heteroatoms. The van der Waals surface area contributed by atoms with E-state index in [2.05, 4.69) is 9.64 Å². The van der Waals surface area contributed by atoms with E-state index >= 15 is 0 Å². The Hall–Kier alpha value is -2.06. The van der Waals surface area contributed by atoms with Crippen molar-refractivity contribution in [1.29, 1.82) is 0 Å². The zero-order valence-corrected chi connectivity index (χ0v) is 18.6. The van der Waals surface area contributed by atoms with Crippen molar-refractivity contribution in [3.63, 3.8) is 0 Å². The molecule has 1 aromatic heterocycles. The predicted octanol–water partition coefficient (Wildman–Crippen LogP) is 5.67. The second-order valence-corrected chi connectivity index (χ2v) is 9.55. The van der Waals surface area contributed by atoms with E-state index in [1.54, 1.807) is 6.07 Å². The van der Waals surface area contributed by atoms with Gasteiger partial charge >= 0.3 is 6.36 Å². The van der Waals surface area contributed by atoms with Crippen LogP contribution in [0.4, 0.5) is 13.2 Å². The van der Waals surface area contributed by atoms with E-state index in [-0.39, 0.29) is 17.6 Å². The molecule has 0 saturated carbocycles. The third kappa shape index (κ3) is 5.06. The van der Waals surface area contributed by atoms with Crippen molar-refractivity contribution in [2.75, 3.05) is 33.2 Å². The molecule has 2 aliphatic rings. The molecule has 2 aliphatic heterocycles. The number of halogens is 3. The summed E-state index contributed by atoms with van der Waals surface area (Å²) in [7, 11) is 2.02. The van der Waals surface area contributed by atoms with Crippen LogP contribution in [0.3, 0.4) is 0 Å². The van der Waals surface area contributed by atoms with Crippen LogP contribution in [0.15, 0.2) is 24.3 Å². The Balaban J connectivity index is 1.65. The summed E-state index contributed by atoms with van der Waals surface area (Å²) in [5, 5.41) is 0. The van der Waals surface area contributed by atoms with Gasteiger partial charge in [0.05, 0.1) is 4.88 Å². The molecule has 0 unspecified atom stereocenters. The molecule has 1 amide bonds. The standard InChI is InChI=1S/C23H27F3N2O2S/c1-15-13-20(31-21(15)22(29)28-9-3-4-10-28)17-5-6-18(16-7-11-27(2)12-8-16)19(14-17)30-23(24,25)26/h5-6,13-14,16H,3-4,7-12H2,1-2H3. The molecule has 2 saturated heterocycles. The molecule has 31 heavy (non-hydrogen) atoms. The number of ether oxygens (including phenoxy) is 1. The van der Waals surface area contributed by atoms with Gasteiger partial charge in [0, 0.05) is 18.0 Å². The number of carbonyl (C=O) groups excluding carboxylic acids is 1. The number of hydrogen-bond acceptors (Lipinski definition) is 4. The van der Waals surface area contributed by atoms with Crippen LogP contribution in [0, 0.1) is 6.92 Å². The average Bonchev–Trinajstić information content (AvgIpc) is 3.37.